The van der Waals surface area contributed by atoms with E-state index in [-0.39, 0.29) is 30.1 Å². The third-order valence-corrected chi connectivity index (χ3v) is 4.20. The minimum absolute atomic E-state index is 0.199. The van der Waals surface area contributed by atoms with Crippen molar-refractivity contribution in [1.82, 2.24) is 10.3 Å². The van der Waals surface area contributed by atoms with Gasteiger partial charge in [0.2, 0.25) is 11.8 Å². The Balaban J connectivity index is 2.02. The zero-order valence-electron chi connectivity index (χ0n) is 15.9. The minimum atomic E-state index is -0.299. The summed E-state index contributed by atoms with van der Waals surface area (Å²) in [6, 6.07) is 9.72. The number of amides is 2. The highest BCUT2D eigenvalue weighted by molar-refractivity contribution is 6.04. The molecule has 2 rings (SSSR count). The lowest BCUT2D eigenvalue weighted by atomic mass is 9.92. The molecule has 26 heavy (non-hydrogen) atoms. The molecule has 0 saturated heterocycles. The molecule has 0 unspecified atom stereocenters. The third-order valence-electron chi connectivity index (χ3n) is 4.20. The summed E-state index contributed by atoms with van der Waals surface area (Å²) < 4.78 is 0. The molecule has 0 spiro atoms. The van der Waals surface area contributed by atoms with Crippen molar-refractivity contribution >= 4 is 17.5 Å². The number of anilines is 1. The maximum atomic E-state index is 12.4. The SMILES string of the molecule is CC(C)c1cccc(C(C)C)c1NC(=O)CC(=O)NCc1ccncc1. The zero-order chi connectivity index (χ0) is 19.1. The molecule has 0 atom stereocenters. The molecule has 0 bridgehead atoms. The largest absolute Gasteiger partial charge is 0.352 e. The minimum Gasteiger partial charge on any atom is -0.352 e. The number of hydrogen-bond acceptors (Lipinski definition) is 3. The highest BCUT2D eigenvalue weighted by Gasteiger charge is 2.17. The van der Waals surface area contributed by atoms with Gasteiger partial charge in [0.15, 0.2) is 0 Å². The van der Waals surface area contributed by atoms with E-state index in [0.29, 0.717) is 6.54 Å². The number of nitrogens with zero attached hydrogens (tertiary/aromatic N) is 1. The van der Waals surface area contributed by atoms with E-state index in [0.717, 1.165) is 22.4 Å². The molecule has 0 aliphatic carbocycles. The first-order valence-electron chi connectivity index (χ1n) is 8.96. The molecule has 0 aliphatic rings. The van der Waals surface area contributed by atoms with Gasteiger partial charge in [0.05, 0.1) is 0 Å². The molecular weight excluding hydrogens is 326 g/mol. The van der Waals surface area contributed by atoms with Crippen molar-refractivity contribution < 1.29 is 9.59 Å². The zero-order valence-corrected chi connectivity index (χ0v) is 15.9. The summed E-state index contributed by atoms with van der Waals surface area (Å²) in [4.78, 5) is 28.4. The highest BCUT2D eigenvalue weighted by Crippen LogP contribution is 2.32. The number of hydrogen-bond donors (Lipinski definition) is 2. The molecule has 1 aromatic carbocycles. The molecule has 0 radical (unpaired) electrons. The van der Waals surface area contributed by atoms with Gasteiger partial charge in [-0.15, -0.1) is 0 Å². The van der Waals surface area contributed by atoms with Gasteiger partial charge in [-0.05, 0) is 40.7 Å². The number of pyridine rings is 1. The van der Waals surface area contributed by atoms with Crippen LogP contribution in [-0.4, -0.2) is 16.8 Å². The molecule has 138 valence electrons. The average Bonchev–Trinajstić information content (AvgIpc) is 2.60. The first kappa shape index (κ1) is 19.6. The van der Waals surface area contributed by atoms with Crippen LogP contribution in [0, 0.1) is 0 Å². The lowest BCUT2D eigenvalue weighted by Crippen LogP contribution is -2.28. The van der Waals surface area contributed by atoms with Gasteiger partial charge in [-0.2, -0.15) is 0 Å². The number of carbonyl (C=O) groups is 2. The third kappa shape index (κ3) is 5.41. The van der Waals surface area contributed by atoms with Crippen molar-refractivity contribution in [2.45, 2.75) is 52.5 Å². The van der Waals surface area contributed by atoms with Crippen molar-refractivity contribution in [3.8, 4) is 0 Å². The van der Waals surface area contributed by atoms with Crippen LogP contribution in [0.3, 0.4) is 0 Å². The summed E-state index contributed by atoms with van der Waals surface area (Å²) in [7, 11) is 0. The summed E-state index contributed by atoms with van der Waals surface area (Å²) >= 11 is 0. The Kier molecular flexibility index (Phi) is 6.89. The van der Waals surface area contributed by atoms with Gasteiger partial charge in [-0.1, -0.05) is 45.9 Å². The summed E-state index contributed by atoms with van der Waals surface area (Å²) in [6.45, 7) is 8.76. The molecule has 0 aliphatic heterocycles. The molecule has 1 heterocycles. The number of benzene rings is 1. The number of aromatic nitrogens is 1. The van der Waals surface area contributed by atoms with Gasteiger partial charge in [0.25, 0.3) is 0 Å². The topological polar surface area (TPSA) is 71.1 Å². The quantitative estimate of drug-likeness (QED) is 0.740. The molecular formula is C21H27N3O2. The van der Waals surface area contributed by atoms with E-state index in [4.69, 9.17) is 0 Å². The van der Waals surface area contributed by atoms with Gasteiger partial charge in [-0.3, -0.25) is 14.6 Å². The van der Waals surface area contributed by atoms with Crippen molar-refractivity contribution in [3.05, 3.63) is 59.4 Å². The van der Waals surface area contributed by atoms with Gasteiger partial charge in [0, 0.05) is 24.6 Å². The average molecular weight is 353 g/mol. The van der Waals surface area contributed by atoms with Gasteiger partial charge in [-0.25, -0.2) is 0 Å². The van der Waals surface area contributed by atoms with Crippen molar-refractivity contribution in [3.63, 3.8) is 0 Å². The molecule has 2 aromatic rings. The van der Waals surface area contributed by atoms with Crippen LogP contribution >= 0.6 is 0 Å². The summed E-state index contributed by atoms with van der Waals surface area (Å²) in [5.41, 5.74) is 3.95. The van der Waals surface area contributed by atoms with Crippen LogP contribution in [-0.2, 0) is 16.1 Å². The Labute approximate surface area is 155 Å². The van der Waals surface area contributed by atoms with E-state index < -0.39 is 0 Å². The van der Waals surface area contributed by atoms with Gasteiger partial charge in [0.1, 0.15) is 6.42 Å². The Morgan fingerprint density at radius 1 is 0.923 bits per heavy atom. The van der Waals surface area contributed by atoms with Crippen LogP contribution < -0.4 is 10.6 Å². The lowest BCUT2D eigenvalue weighted by molar-refractivity contribution is -0.126. The van der Waals surface area contributed by atoms with Crippen LogP contribution in [0.25, 0.3) is 0 Å². The van der Waals surface area contributed by atoms with Crippen LogP contribution in [0.5, 0.6) is 0 Å². The maximum Gasteiger partial charge on any atom is 0.233 e. The smallest absolute Gasteiger partial charge is 0.233 e. The lowest BCUT2D eigenvalue weighted by Gasteiger charge is -2.20. The summed E-state index contributed by atoms with van der Waals surface area (Å²) in [5, 5.41) is 5.72. The normalized spacial score (nSPS) is 10.8. The van der Waals surface area contributed by atoms with E-state index in [9.17, 15) is 9.59 Å². The van der Waals surface area contributed by atoms with E-state index in [1.54, 1.807) is 12.4 Å². The van der Waals surface area contributed by atoms with Crippen LogP contribution in [0.4, 0.5) is 5.69 Å². The van der Waals surface area contributed by atoms with Gasteiger partial charge < -0.3 is 10.6 Å². The van der Waals surface area contributed by atoms with Crippen LogP contribution in [0.15, 0.2) is 42.7 Å². The van der Waals surface area contributed by atoms with E-state index in [2.05, 4.69) is 43.3 Å². The fraction of sp³-hybridized carbons (Fsp3) is 0.381. The Morgan fingerprint density at radius 2 is 1.50 bits per heavy atom. The number of nitrogens with one attached hydrogen (secondary N) is 2. The molecule has 5 nitrogen and oxygen atoms in total. The molecule has 0 saturated carbocycles. The Morgan fingerprint density at radius 3 is 2.04 bits per heavy atom. The molecule has 5 heteroatoms. The van der Waals surface area contributed by atoms with E-state index in [1.807, 2.05) is 30.3 Å². The predicted molar refractivity (Wildman–Crippen MR) is 104 cm³/mol. The van der Waals surface area contributed by atoms with E-state index in [1.165, 1.54) is 0 Å². The van der Waals surface area contributed by atoms with Gasteiger partial charge >= 0.3 is 0 Å². The standard InChI is InChI=1S/C21H27N3O2/c1-14(2)17-6-5-7-18(15(3)4)21(17)24-20(26)12-19(25)23-13-16-8-10-22-11-9-16/h5-11,14-15H,12-13H2,1-4H3,(H,23,25)(H,24,26). The fourth-order valence-electron chi connectivity index (χ4n) is 2.79. The van der Waals surface area contributed by atoms with Crippen molar-refractivity contribution in [2.24, 2.45) is 0 Å². The highest BCUT2D eigenvalue weighted by atomic mass is 16.2. The summed E-state index contributed by atoms with van der Waals surface area (Å²) in [6.07, 6.45) is 3.14. The Hall–Kier alpha value is -2.69. The second-order valence-corrected chi connectivity index (χ2v) is 6.98. The van der Waals surface area contributed by atoms with Crippen molar-refractivity contribution in [1.29, 1.82) is 0 Å². The summed E-state index contributed by atoms with van der Waals surface area (Å²) in [5.74, 6) is -0.0336. The molecule has 2 N–H and O–H groups in total. The monoisotopic (exact) mass is 353 g/mol. The van der Waals surface area contributed by atoms with Crippen LogP contribution in [0.2, 0.25) is 0 Å². The second kappa shape index (κ2) is 9.13. The molecule has 2 amide bonds. The predicted octanol–water partition coefficient (Wildman–Crippen LogP) is 3.97. The number of para-hydroxylation sites is 1. The first-order chi connectivity index (χ1) is 12.4. The van der Waals surface area contributed by atoms with Crippen molar-refractivity contribution in [2.75, 3.05) is 5.32 Å². The maximum absolute atomic E-state index is 12.4. The molecule has 1 aromatic heterocycles. The first-order valence-corrected chi connectivity index (χ1v) is 8.96. The number of rotatable bonds is 7. The number of carbonyl (C=O) groups excluding carboxylic acids is 2. The molecule has 0 fully saturated rings. The fourth-order valence-corrected chi connectivity index (χ4v) is 2.79. The second-order valence-electron chi connectivity index (χ2n) is 6.98. The van der Waals surface area contributed by atoms with E-state index >= 15 is 0 Å². The Bertz CT molecular complexity index is 729. The van der Waals surface area contributed by atoms with Crippen LogP contribution in [0.1, 0.15) is 62.6 Å².